The summed E-state index contributed by atoms with van der Waals surface area (Å²) in [6.07, 6.45) is 2.87. The van der Waals surface area contributed by atoms with E-state index in [1.54, 1.807) is 4.90 Å². The normalized spacial score (nSPS) is 14.1. The molecule has 8 nitrogen and oxygen atoms in total. The van der Waals surface area contributed by atoms with Crippen molar-refractivity contribution in [3.63, 3.8) is 0 Å². The van der Waals surface area contributed by atoms with E-state index in [4.69, 9.17) is 16.3 Å². The number of nitrogens with zero attached hydrogens (tertiary/aromatic N) is 1. The van der Waals surface area contributed by atoms with Crippen LogP contribution < -0.4 is 9.46 Å². The van der Waals surface area contributed by atoms with Gasteiger partial charge in [-0.2, -0.15) is 0 Å². The highest BCUT2D eigenvalue weighted by Crippen LogP contribution is 2.29. The molecule has 1 aliphatic heterocycles. The number of esters is 1. The van der Waals surface area contributed by atoms with E-state index in [1.165, 1.54) is 50.6 Å². The summed E-state index contributed by atoms with van der Waals surface area (Å²) in [5.41, 5.74) is 0.325. The molecule has 0 spiro atoms. The number of halogens is 1. The third-order valence-electron chi connectivity index (χ3n) is 4.99. The van der Waals surface area contributed by atoms with E-state index >= 15 is 0 Å². The zero-order valence-electron chi connectivity index (χ0n) is 17.2. The Morgan fingerprint density at radius 3 is 2.39 bits per heavy atom. The lowest BCUT2D eigenvalue weighted by Crippen LogP contribution is -2.35. The van der Waals surface area contributed by atoms with Gasteiger partial charge < -0.3 is 14.4 Å². The number of hydrogen-bond donors (Lipinski definition) is 1. The van der Waals surface area contributed by atoms with Crippen molar-refractivity contribution in [3.05, 3.63) is 52.5 Å². The second-order valence-corrected chi connectivity index (χ2v) is 9.10. The van der Waals surface area contributed by atoms with Crippen LogP contribution in [0.3, 0.4) is 0 Å². The lowest BCUT2D eigenvalue weighted by molar-refractivity contribution is 0.0600. The Labute approximate surface area is 186 Å². The molecule has 0 unspecified atom stereocenters. The molecule has 0 aromatic heterocycles. The minimum absolute atomic E-state index is 0.0179. The van der Waals surface area contributed by atoms with Gasteiger partial charge in [-0.25, -0.2) is 13.2 Å². The van der Waals surface area contributed by atoms with Gasteiger partial charge in [0.1, 0.15) is 5.75 Å². The van der Waals surface area contributed by atoms with E-state index in [1.807, 2.05) is 0 Å². The molecule has 0 saturated carbocycles. The summed E-state index contributed by atoms with van der Waals surface area (Å²) in [4.78, 5) is 26.3. The molecular formula is C21H23ClN2O6S. The third kappa shape index (κ3) is 5.11. The fourth-order valence-electron chi connectivity index (χ4n) is 3.34. The monoisotopic (exact) mass is 466 g/mol. The van der Waals surface area contributed by atoms with Gasteiger partial charge in [-0.05, 0) is 55.7 Å². The average molecular weight is 467 g/mol. The van der Waals surface area contributed by atoms with Gasteiger partial charge in [0.2, 0.25) is 0 Å². The van der Waals surface area contributed by atoms with E-state index in [0.29, 0.717) is 18.8 Å². The zero-order valence-corrected chi connectivity index (χ0v) is 18.8. The summed E-state index contributed by atoms with van der Waals surface area (Å²) in [6, 6.07) is 8.18. The van der Waals surface area contributed by atoms with Crippen LogP contribution in [0.4, 0.5) is 5.69 Å². The maximum atomic E-state index is 13.0. The van der Waals surface area contributed by atoms with E-state index < -0.39 is 16.0 Å². The van der Waals surface area contributed by atoms with E-state index in [-0.39, 0.29) is 32.6 Å². The van der Waals surface area contributed by atoms with Crippen molar-refractivity contribution in [2.45, 2.75) is 24.2 Å². The van der Waals surface area contributed by atoms with Crippen molar-refractivity contribution in [2.75, 3.05) is 32.0 Å². The Hall–Kier alpha value is -2.78. The maximum absolute atomic E-state index is 13.0. The smallest absolute Gasteiger partial charge is 0.337 e. The Morgan fingerprint density at radius 1 is 1.03 bits per heavy atom. The standard InChI is InChI=1S/C21H23ClN2O6S/c1-29-19-9-7-15(13-16(19)20(25)24-10-4-3-5-11-24)31(27,28)23-18-12-14(21(26)30-2)6-8-17(18)22/h6-9,12-13,23H,3-5,10-11H2,1-2H3. The summed E-state index contributed by atoms with van der Waals surface area (Å²) >= 11 is 6.11. The number of carbonyl (C=O) groups is 2. The maximum Gasteiger partial charge on any atom is 0.337 e. The SMILES string of the molecule is COC(=O)c1ccc(Cl)c(NS(=O)(=O)c2ccc(OC)c(C(=O)N3CCCCC3)c2)c1. The van der Waals surface area contributed by atoms with Crippen LogP contribution in [0.5, 0.6) is 5.75 Å². The lowest BCUT2D eigenvalue weighted by Gasteiger charge is -2.27. The molecule has 1 heterocycles. The first-order valence-corrected chi connectivity index (χ1v) is 11.5. The van der Waals surface area contributed by atoms with E-state index in [0.717, 1.165) is 19.3 Å². The second-order valence-electron chi connectivity index (χ2n) is 7.01. The number of ether oxygens (including phenoxy) is 2. The molecule has 1 amide bonds. The van der Waals surface area contributed by atoms with Gasteiger partial charge in [0.15, 0.2) is 0 Å². The Kier molecular flexibility index (Phi) is 7.07. The summed E-state index contributed by atoms with van der Waals surface area (Å²) in [6.45, 7) is 1.24. The number of amides is 1. The molecule has 2 aromatic carbocycles. The molecule has 1 aliphatic rings. The first-order chi connectivity index (χ1) is 14.8. The summed E-state index contributed by atoms with van der Waals surface area (Å²) in [5.74, 6) is -0.615. The Morgan fingerprint density at radius 2 is 1.74 bits per heavy atom. The van der Waals surface area contributed by atoms with Crippen LogP contribution in [0.1, 0.15) is 40.0 Å². The minimum Gasteiger partial charge on any atom is -0.496 e. The first kappa shape index (κ1) is 22.9. The molecule has 2 aromatic rings. The molecular weight excluding hydrogens is 444 g/mol. The van der Waals surface area contributed by atoms with Crippen LogP contribution in [-0.2, 0) is 14.8 Å². The van der Waals surface area contributed by atoms with Crippen molar-refractivity contribution in [2.24, 2.45) is 0 Å². The summed E-state index contributed by atoms with van der Waals surface area (Å²) < 4.78 is 38.3. The second kappa shape index (κ2) is 9.57. The number of anilines is 1. The molecule has 10 heteroatoms. The van der Waals surface area contributed by atoms with E-state index in [2.05, 4.69) is 9.46 Å². The first-order valence-electron chi connectivity index (χ1n) is 9.65. The van der Waals surface area contributed by atoms with Crippen LogP contribution in [0.15, 0.2) is 41.3 Å². The predicted molar refractivity (Wildman–Crippen MR) is 116 cm³/mol. The number of carbonyl (C=O) groups excluding carboxylic acids is 2. The van der Waals surface area contributed by atoms with Crippen molar-refractivity contribution in [1.82, 2.24) is 4.90 Å². The van der Waals surface area contributed by atoms with Gasteiger partial charge in [0, 0.05) is 13.1 Å². The van der Waals surface area contributed by atoms with Crippen LogP contribution >= 0.6 is 11.6 Å². The van der Waals surface area contributed by atoms with Gasteiger partial charge >= 0.3 is 5.97 Å². The summed E-state index contributed by atoms with van der Waals surface area (Å²) in [7, 11) is -1.46. The van der Waals surface area contributed by atoms with Crippen LogP contribution in [0.25, 0.3) is 0 Å². The number of nitrogens with one attached hydrogen (secondary N) is 1. The number of piperidine rings is 1. The van der Waals surface area contributed by atoms with Crippen LogP contribution in [-0.4, -0.2) is 52.5 Å². The highest BCUT2D eigenvalue weighted by molar-refractivity contribution is 7.92. The number of benzene rings is 2. The lowest BCUT2D eigenvalue weighted by atomic mass is 10.1. The van der Waals surface area contributed by atoms with Gasteiger partial charge in [0.25, 0.3) is 15.9 Å². The molecule has 166 valence electrons. The van der Waals surface area contributed by atoms with Crippen molar-refractivity contribution >= 4 is 39.2 Å². The van der Waals surface area contributed by atoms with Crippen LogP contribution in [0, 0.1) is 0 Å². The van der Waals surface area contributed by atoms with Crippen molar-refractivity contribution in [3.8, 4) is 5.75 Å². The molecule has 0 bridgehead atoms. The molecule has 1 N–H and O–H groups in total. The third-order valence-corrected chi connectivity index (χ3v) is 6.68. The van der Waals surface area contributed by atoms with E-state index in [9.17, 15) is 18.0 Å². The zero-order chi connectivity index (χ0) is 22.6. The van der Waals surface area contributed by atoms with Gasteiger partial charge in [-0.15, -0.1) is 0 Å². The Bertz CT molecular complexity index is 1100. The van der Waals surface area contributed by atoms with Gasteiger partial charge in [-0.3, -0.25) is 9.52 Å². The average Bonchev–Trinajstić information content (AvgIpc) is 2.79. The predicted octanol–water partition coefficient (Wildman–Crippen LogP) is 3.56. The summed E-state index contributed by atoms with van der Waals surface area (Å²) in [5, 5.41) is 0.106. The highest BCUT2D eigenvalue weighted by Gasteiger charge is 2.25. The Balaban J connectivity index is 1.94. The van der Waals surface area contributed by atoms with Gasteiger partial charge in [0.05, 0.1) is 41.0 Å². The molecule has 0 aliphatic carbocycles. The minimum atomic E-state index is -4.11. The molecule has 1 fully saturated rings. The highest BCUT2D eigenvalue weighted by atomic mass is 35.5. The number of sulfonamides is 1. The quantitative estimate of drug-likeness (QED) is 0.653. The van der Waals surface area contributed by atoms with Crippen LogP contribution in [0.2, 0.25) is 5.02 Å². The molecule has 0 radical (unpaired) electrons. The topological polar surface area (TPSA) is 102 Å². The fourth-order valence-corrected chi connectivity index (χ4v) is 4.66. The largest absolute Gasteiger partial charge is 0.496 e. The fraction of sp³-hybridized carbons (Fsp3) is 0.333. The number of methoxy groups -OCH3 is 2. The van der Waals surface area contributed by atoms with Gasteiger partial charge in [-0.1, -0.05) is 11.6 Å². The molecule has 0 atom stereocenters. The molecule has 31 heavy (non-hydrogen) atoms. The van der Waals surface area contributed by atoms with Crippen molar-refractivity contribution in [1.29, 1.82) is 0 Å². The number of hydrogen-bond acceptors (Lipinski definition) is 6. The molecule has 3 rings (SSSR count). The number of likely N-dealkylation sites (tertiary alicyclic amines) is 1. The number of rotatable bonds is 6. The molecule has 1 saturated heterocycles. The van der Waals surface area contributed by atoms with Crippen molar-refractivity contribution < 1.29 is 27.5 Å².